The average Bonchev–Trinajstić information content (AvgIpc) is 2.08. The maximum atomic E-state index is 8.35. The number of hydrogen-bond donors (Lipinski definition) is 2. The molecule has 0 radical (unpaired) electrons. The molecule has 0 bridgehead atoms. The Labute approximate surface area is 71.7 Å². The Kier molecular flexibility index (Phi) is 6.74. The van der Waals surface area contributed by atoms with Crippen molar-refractivity contribution in [3.63, 3.8) is 0 Å². The van der Waals surface area contributed by atoms with Gasteiger partial charge in [-0.1, -0.05) is 30.3 Å². The van der Waals surface area contributed by atoms with Gasteiger partial charge in [0.05, 0.1) is 0 Å². The zero-order chi connectivity index (χ0) is 9.23. The third-order valence-electron chi connectivity index (χ3n) is 1.28. The summed E-state index contributed by atoms with van der Waals surface area (Å²) in [7, 11) is 0. The maximum absolute atomic E-state index is 8.35. The van der Waals surface area contributed by atoms with Crippen molar-refractivity contribution in [3.05, 3.63) is 35.9 Å². The normalized spacial score (nSPS) is 7.75. The molecule has 3 N–H and O–H groups in total. The lowest BCUT2D eigenvalue weighted by atomic mass is 10.2. The molecule has 0 saturated heterocycles. The molecule has 3 heteroatoms. The number of nitrogens with two attached hydrogens (primary N) is 1. The smallest absolute Gasteiger partial charge is 0.231 e. The van der Waals surface area contributed by atoms with Crippen LogP contribution in [0.2, 0.25) is 0 Å². The molecule has 1 aromatic rings. The quantitative estimate of drug-likeness (QED) is 0.507. The highest BCUT2D eigenvalue weighted by atomic mass is 16.1. The Morgan fingerprint density at radius 3 is 2.25 bits per heavy atom. The van der Waals surface area contributed by atoms with Crippen molar-refractivity contribution in [2.24, 2.45) is 5.73 Å². The molecule has 0 aromatic heterocycles. The zero-order valence-electron chi connectivity index (χ0n) is 6.79. The Balaban J connectivity index is 0.000000354. The van der Waals surface area contributed by atoms with Gasteiger partial charge in [-0.05, 0) is 18.5 Å². The van der Waals surface area contributed by atoms with Gasteiger partial charge >= 0.3 is 0 Å². The summed E-state index contributed by atoms with van der Waals surface area (Å²) in [6.07, 6.45) is 1.74. The van der Waals surface area contributed by atoms with Crippen LogP contribution in [0.3, 0.4) is 0 Å². The predicted molar refractivity (Wildman–Crippen MR) is 47.6 cm³/mol. The van der Waals surface area contributed by atoms with Crippen LogP contribution in [0.5, 0.6) is 0 Å². The number of rotatable bonds is 2. The second-order valence-electron chi connectivity index (χ2n) is 2.13. The first-order chi connectivity index (χ1) is 5.85. The maximum Gasteiger partial charge on any atom is 0.231 e. The molecule has 1 rings (SSSR count). The zero-order valence-corrected chi connectivity index (χ0v) is 6.79. The van der Waals surface area contributed by atoms with E-state index in [4.69, 9.17) is 15.9 Å². The fourth-order valence-corrected chi connectivity index (χ4v) is 0.811. The van der Waals surface area contributed by atoms with E-state index in [1.807, 2.05) is 18.2 Å². The van der Waals surface area contributed by atoms with Gasteiger partial charge in [-0.2, -0.15) is 0 Å². The number of hydrogen-bond acceptors (Lipinski definition) is 3. The molecule has 0 aliphatic carbocycles. The van der Waals surface area contributed by atoms with Crippen LogP contribution < -0.4 is 5.73 Å². The molecule has 12 heavy (non-hydrogen) atoms. The summed E-state index contributed by atoms with van der Waals surface area (Å²) in [6.45, 7) is 0.740. The van der Waals surface area contributed by atoms with Gasteiger partial charge in [0.25, 0.3) is 0 Å². The van der Waals surface area contributed by atoms with Crippen LogP contribution in [-0.2, 0) is 11.2 Å². The summed E-state index contributed by atoms with van der Waals surface area (Å²) in [6, 6.07) is 10.3. The first-order valence-electron chi connectivity index (χ1n) is 3.63. The van der Waals surface area contributed by atoms with Gasteiger partial charge in [0.15, 0.2) is 0 Å². The predicted octanol–water partition coefficient (Wildman–Crippen LogP) is 1.09. The van der Waals surface area contributed by atoms with Crippen LogP contribution >= 0.6 is 0 Å². The highest BCUT2D eigenvalue weighted by Crippen LogP contribution is 1.96. The lowest BCUT2D eigenvalue weighted by Crippen LogP contribution is -2.01. The summed E-state index contributed by atoms with van der Waals surface area (Å²) < 4.78 is 0. The molecule has 0 heterocycles. The van der Waals surface area contributed by atoms with Crippen molar-refractivity contribution in [1.82, 2.24) is 0 Å². The molecule has 0 aliphatic rings. The van der Waals surface area contributed by atoms with E-state index in [1.165, 1.54) is 5.56 Å². The lowest BCUT2D eigenvalue weighted by Gasteiger charge is -1.93. The van der Waals surface area contributed by atoms with E-state index in [9.17, 15) is 0 Å². The van der Waals surface area contributed by atoms with Gasteiger partial charge < -0.3 is 5.73 Å². The molecule has 0 saturated carbocycles. The standard InChI is InChI=1S/C8H11N.CHNO/c9-7-6-8-4-2-1-3-5-8;2-1-3/h1-5H,6-7,9H2;2H. The highest BCUT2D eigenvalue weighted by Gasteiger charge is 1.84. The van der Waals surface area contributed by atoms with Crippen LogP contribution in [0.15, 0.2) is 30.3 Å². The minimum atomic E-state index is 0.740. The summed E-state index contributed by atoms with van der Waals surface area (Å²) in [5, 5.41) is 5.40. The average molecular weight is 164 g/mol. The van der Waals surface area contributed by atoms with Gasteiger partial charge in [-0.15, -0.1) is 0 Å². The fraction of sp³-hybridized carbons (Fsp3) is 0.222. The van der Waals surface area contributed by atoms with Crippen molar-refractivity contribution in [3.8, 4) is 0 Å². The molecule has 64 valence electrons. The summed E-state index contributed by atoms with van der Waals surface area (Å²) >= 11 is 0. The SMILES string of the molecule is N=C=O.NCCc1ccccc1. The minimum absolute atomic E-state index is 0.740. The monoisotopic (exact) mass is 164 g/mol. The molecule has 0 aliphatic heterocycles. The number of nitrogens with one attached hydrogen (secondary N) is 1. The van der Waals surface area contributed by atoms with E-state index in [2.05, 4.69) is 12.1 Å². The van der Waals surface area contributed by atoms with E-state index in [0.29, 0.717) is 0 Å². The topological polar surface area (TPSA) is 66.9 Å². The van der Waals surface area contributed by atoms with Crippen molar-refractivity contribution < 1.29 is 4.79 Å². The van der Waals surface area contributed by atoms with Gasteiger partial charge in [-0.3, -0.25) is 0 Å². The Bertz CT molecular complexity index is 228. The Morgan fingerprint density at radius 2 is 1.83 bits per heavy atom. The molecule has 0 amide bonds. The molecular weight excluding hydrogens is 152 g/mol. The fourth-order valence-electron chi connectivity index (χ4n) is 0.811. The van der Waals surface area contributed by atoms with E-state index in [1.54, 1.807) is 0 Å². The second kappa shape index (κ2) is 7.66. The van der Waals surface area contributed by atoms with Gasteiger partial charge in [-0.25, -0.2) is 10.2 Å². The largest absolute Gasteiger partial charge is 0.330 e. The van der Waals surface area contributed by atoms with Crippen molar-refractivity contribution in [2.75, 3.05) is 6.54 Å². The van der Waals surface area contributed by atoms with Gasteiger partial charge in [0.1, 0.15) is 0 Å². The molecule has 1 aromatic carbocycles. The number of carbonyl (C=O) groups excluding carboxylic acids is 1. The van der Waals surface area contributed by atoms with Crippen LogP contribution in [0.25, 0.3) is 0 Å². The highest BCUT2D eigenvalue weighted by molar-refractivity contribution is 5.26. The molecule has 0 atom stereocenters. The van der Waals surface area contributed by atoms with Crippen LogP contribution in [-0.4, -0.2) is 12.6 Å². The third kappa shape index (κ3) is 5.35. The van der Waals surface area contributed by atoms with Crippen molar-refractivity contribution in [2.45, 2.75) is 6.42 Å². The molecule has 0 fully saturated rings. The molecular formula is C9H12N2O. The Hall–Kier alpha value is -1.44. The molecule has 3 nitrogen and oxygen atoms in total. The number of isocyanates is 1. The lowest BCUT2D eigenvalue weighted by molar-refractivity contribution is 0.563. The number of benzene rings is 1. The first kappa shape index (κ1) is 10.6. The van der Waals surface area contributed by atoms with E-state index < -0.39 is 0 Å². The summed E-state index contributed by atoms with van der Waals surface area (Å²) in [5.74, 6) is 0. The van der Waals surface area contributed by atoms with E-state index >= 15 is 0 Å². The van der Waals surface area contributed by atoms with Crippen molar-refractivity contribution in [1.29, 1.82) is 5.41 Å². The van der Waals surface area contributed by atoms with Gasteiger partial charge in [0.2, 0.25) is 6.08 Å². The van der Waals surface area contributed by atoms with E-state index in [-0.39, 0.29) is 0 Å². The summed E-state index contributed by atoms with van der Waals surface area (Å²) in [5.41, 5.74) is 6.68. The van der Waals surface area contributed by atoms with Gasteiger partial charge in [0, 0.05) is 0 Å². The minimum Gasteiger partial charge on any atom is -0.330 e. The third-order valence-corrected chi connectivity index (χ3v) is 1.28. The van der Waals surface area contributed by atoms with Crippen LogP contribution in [0.1, 0.15) is 5.56 Å². The summed E-state index contributed by atoms with van der Waals surface area (Å²) in [4.78, 5) is 8.35. The first-order valence-corrected chi connectivity index (χ1v) is 3.63. The van der Waals surface area contributed by atoms with Crippen LogP contribution in [0.4, 0.5) is 0 Å². The van der Waals surface area contributed by atoms with Crippen LogP contribution in [0, 0.1) is 5.41 Å². The van der Waals surface area contributed by atoms with E-state index in [0.717, 1.165) is 19.0 Å². The second-order valence-corrected chi connectivity index (χ2v) is 2.13. The van der Waals surface area contributed by atoms with Crippen molar-refractivity contribution >= 4 is 6.08 Å². The molecule has 0 spiro atoms. The Morgan fingerprint density at radius 1 is 1.33 bits per heavy atom. The molecule has 0 unspecified atom stereocenters.